The highest BCUT2D eigenvalue weighted by molar-refractivity contribution is 7.89. The summed E-state index contributed by atoms with van der Waals surface area (Å²) in [6, 6.07) is 17.2. The fourth-order valence-electron chi connectivity index (χ4n) is 4.95. The molecule has 0 saturated carbocycles. The van der Waals surface area contributed by atoms with Crippen molar-refractivity contribution in [3.05, 3.63) is 65.7 Å². The summed E-state index contributed by atoms with van der Waals surface area (Å²) in [5.41, 5.74) is 3.06. The molecule has 184 valence electrons. The van der Waals surface area contributed by atoms with Crippen molar-refractivity contribution in [2.24, 2.45) is 5.92 Å². The van der Waals surface area contributed by atoms with Crippen LogP contribution < -0.4 is 10.2 Å². The van der Waals surface area contributed by atoms with Gasteiger partial charge in [-0.1, -0.05) is 29.8 Å². The molecule has 2 fully saturated rings. The molecule has 0 aliphatic carbocycles. The lowest BCUT2D eigenvalue weighted by Crippen LogP contribution is -2.43. The molecule has 5 rings (SSSR count). The third-order valence-electron chi connectivity index (χ3n) is 7.05. The number of sulfonamides is 1. The maximum atomic E-state index is 12.9. The van der Waals surface area contributed by atoms with Crippen LogP contribution in [0.25, 0.3) is 10.9 Å². The largest absolute Gasteiger partial charge is 0.356 e. The Hall–Kier alpha value is -2.97. The Kier molecular flexibility index (Phi) is 6.75. The molecule has 2 aliphatic rings. The van der Waals surface area contributed by atoms with Crippen LogP contribution >= 0.6 is 0 Å². The smallest absolute Gasteiger partial charge is 0.243 e. The number of benzene rings is 2. The van der Waals surface area contributed by atoms with Crippen molar-refractivity contribution in [2.45, 2.75) is 44.0 Å². The molecule has 0 bridgehead atoms. The molecule has 3 heterocycles. The molecule has 2 saturated heterocycles. The van der Waals surface area contributed by atoms with Gasteiger partial charge in [-0.2, -0.15) is 4.31 Å². The summed E-state index contributed by atoms with van der Waals surface area (Å²) in [4.78, 5) is 20.1. The molecular formula is C27H32N4O3S. The van der Waals surface area contributed by atoms with Gasteiger partial charge >= 0.3 is 0 Å². The highest BCUT2D eigenvalue weighted by Gasteiger charge is 2.28. The number of nitrogens with zero attached hydrogens (tertiary/aromatic N) is 3. The number of rotatable bonds is 6. The summed E-state index contributed by atoms with van der Waals surface area (Å²) in [5.74, 6) is 0.816. The Morgan fingerprint density at radius 3 is 2.54 bits per heavy atom. The number of carbonyl (C=O) groups excluding carboxylic acids is 1. The lowest BCUT2D eigenvalue weighted by molar-refractivity contribution is -0.125. The number of hydrogen-bond acceptors (Lipinski definition) is 5. The maximum Gasteiger partial charge on any atom is 0.243 e. The minimum Gasteiger partial charge on any atom is -0.356 e. The van der Waals surface area contributed by atoms with Gasteiger partial charge in [-0.3, -0.25) is 4.79 Å². The second-order valence-corrected chi connectivity index (χ2v) is 11.6. The van der Waals surface area contributed by atoms with Gasteiger partial charge in [0.25, 0.3) is 0 Å². The van der Waals surface area contributed by atoms with Crippen molar-refractivity contribution in [3.63, 3.8) is 0 Å². The Balaban J connectivity index is 1.27. The molecule has 0 radical (unpaired) electrons. The summed E-state index contributed by atoms with van der Waals surface area (Å²) in [7, 11) is -3.45. The van der Waals surface area contributed by atoms with E-state index in [0.29, 0.717) is 31.1 Å². The zero-order chi connectivity index (χ0) is 24.4. The summed E-state index contributed by atoms with van der Waals surface area (Å²) < 4.78 is 27.4. The van der Waals surface area contributed by atoms with E-state index in [1.807, 2.05) is 24.3 Å². The summed E-state index contributed by atoms with van der Waals surface area (Å²) in [5, 5.41) is 3.89. The van der Waals surface area contributed by atoms with Crippen LogP contribution in [0, 0.1) is 12.8 Å². The van der Waals surface area contributed by atoms with Crippen LogP contribution in [0.5, 0.6) is 0 Å². The SMILES string of the molecule is Cc1ccc(CNC(=O)C2CCCN(c3ccc4cc(S(=O)(=O)N5CCCC5)ccc4n3)C2)cc1. The molecular weight excluding hydrogens is 460 g/mol. The number of fused-ring (bicyclic) bond motifs is 1. The van der Waals surface area contributed by atoms with E-state index in [1.54, 1.807) is 22.5 Å². The highest BCUT2D eigenvalue weighted by Crippen LogP contribution is 2.27. The lowest BCUT2D eigenvalue weighted by Gasteiger charge is -2.33. The monoisotopic (exact) mass is 492 g/mol. The number of aromatic nitrogens is 1. The van der Waals surface area contributed by atoms with E-state index >= 15 is 0 Å². The summed E-state index contributed by atoms with van der Waals surface area (Å²) in [6.07, 6.45) is 3.62. The van der Waals surface area contributed by atoms with Crippen LogP contribution in [0.4, 0.5) is 5.82 Å². The molecule has 1 atom stereocenters. The third-order valence-corrected chi connectivity index (χ3v) is 8.95. The quantitative estimate of drug-likeness (QED) is 0.565. The fourth-order valence-corrected chi connectivity index (χ4v) is 6.50. The van der Waals surface area contributed by atoms with E-state index in [1.165, 1.54) is 5.56 Å². The number of nitrogens with one attached hydrogen (secondary N) is 1. The molecule has 2 aliphatic heterocycles. The van der Waals surface area contributed by atoms with Crippen molar-refractivity contribution >= 4 is 32.7 Å². The number of pyridine rings is 1. The van der Waals surface area contributed by atoms with Crippen molar-refractivity contribution in [1.29, 1.82) is 0 Å². The molecule has 3 aromatic rings. The Morgan fingerprint density at radius 2 is 1.77 bits per heavy atom. The molecule has 7 nitrogen and oxygen atoms in total. The zero-order valence-electron chi connectivity index (χ0n) is 20.1. The fraction of sp³-hybridized carbons (Fsp3) is 0.407. The van der Waals surface area contributed by atoms with Gasteiger partial charge in [0, 0.05) is 38.1 Å². The second-order valence-electron chi connectivity index (χ2n) is 9.62. The number of anilines is 1. The minimum absolute atomic E-state index is 0.0767. The first-order chi connectivity index (χ1) is 16.9. The highest BCUT2D eigenvalue weighted by atomic mass is 32.2. The van der Waals surface area contributed by atoms with Crippen LogP contribution in [0.1, 0.15) is 36.8 Å². The van der Waals surface area contributed by atoms with Crippen LogP contribution in [0.3, 0.4) is 0 Å². The van der Waals surface area contributed by atoms with Gasteiger partial charge < -0.3 is 10.2 Å². The molecule has 1 unspecified atom stereocenters. The predicted octanol–water partition coefficient (Wildman–Crippen LogP) is 3.86. The summed E-state index contributed by atoms with van der Waals surface area (Å²) >= 11 is 0. The maximum absolute atomic E-state index is 12.9. The Labute approximate surface area is 207 Å². The average molecular weight is 493 g/mol. The molecule has 1 N–H and O–H groups in total. The van der Waals surface area contributed by atoms with Gasteiger partial charge in [-0.25, -0.2) is 13.4 Å². The predicted molar refractivity (Wildman–Crippen MR) is 138 cm³/mol. The average Bonchev–Trinajstić information content (AvgIpc) is 3.44. The van der Waals surface area contributed by atoms with Crippen molar-refractivity contribution in [1.82, 2.24) is 14.6 Å². The molecule has 1 aromatic heterocycles. The van der Waals surface area contributed by atoms with Gasteiger partial charge in [-0.15, -0.1) is 0 Å². The molecule has 2 aromatic carbocycles. The van der Waals surface area contributed by atoms with Crippen molar-refractivity contribution in [3.8, 4) is 0 Å². The van der Waals surface area contributed by atoms with Crippen LogP contribution in [0.2, 0.25) is 0 Å². The first-order valence-electron chi connectivity index (χ1n) is 12.4. The van der Waals surface area contributed by atoms with Crippen LogP contribution in [-0.4, -0.2) is 49.8 Å². The molecule has 8 heteroatoms. The molecule has 0 spiro atoms. The minimum atomic E-state index is -3.45. The van der Waals surface area contributed by atoms with E-state index in [4.69, 9.17) is 4.98 Å². The van der Waals surface area contributed by atoms with E-state index < -0.39 is 10.0 Å². The van der Waals surface area contributed by atoms with Crippen molar-refractivity contribution < 1.29 is 13.2 Å². The van der Waals surface area contributed by atoms with Crippen LogP contribution in [0.15, 0.2) is 59.5 Å². The number of piperidine rings is 1. The van der Waals surface area contributed by atoms with E-state index in [-0.39, 0.29) is 11.8 Å². The molecule has 1 amide bonds. The van der Waals surface area contributed by atoms with Gasteiger partial charge in [0.1, 0.15) is 5.82 Å². The Morgan fingerprint density at radius 1 is 1.00 bits per heavy atom. The number of amides is 1. The van der Waals surface area contributed by atoms with E-state index in [0.717, 1.165) is 54.5 Å². The topological polar surface area (TPSA) is 82.6 Å². The Bertz CT molecular complexity index is 1320. The second kappa shape index (κ2) is 9.95. The van der Waals surface area contributed by atoms with Gasteiger partial charge in [-0.05, 0) is 68.5 Å². The van der Waals surface area contributed by atoms with E-state index in [2.05, 4.69) is 29.3 Å². The van der Waals surface area contributed by atoms with Gasteiger partial charge in [0.15, 0.2) is 0 Å². The molecule has 35 heavy (non-hydrogen) atoms. The standard InChI is InChI=1S/C27H32N4O3S/c1-20-6-8-21(9-7-20)18-28-27(32)23-5-4-14-30(19-23)26-13-10-22-17-24(11-12-25(22)29-26)35(33,34)31-15-2-3-16-31/h6-13,17,23H,2-5,14-16,18-19H2,1H3,(H,28,32). The number of aryl methyl sites for hydroxylation is 1. The van der Waals surface area contributed by atoms with Crippen molar-refractivity contribution in [2.75, 3.05) is 31.1 Å². The normalized spacial score (nSPS) is 19.2. The first kappa shape index (κ1) is 23.8. The first-order valence-corrected chi connectivity index (χ1v) is 13.8. The van der Waals surface area contributed by atoms with Gasteiger partial charge in [0.05, 0.1) is 16.3 Å². The summed E-state index contributed by atoms with van der Waals surface area (Å²) in [6.45, 7) is 5.24. The van der Waals surface area contributed by atoms with E-state index in [9.17, 15) is 13.2 Å². The zero-order valence-corrected chi connectivity index (χ0v) is 20.9. The van der Waals surface area contributed by atoms with Gasteiger partial charge in [0.2, 0.25) is 15.9 Å². The van der Waals surface area contributed by atoms with Crippen LogP contribution in [-0.2, 0) is 21.4 Å². The number of hydrogen-bond donors (Lipinski definition) is 1. The lowest BCUT2D eigenvalue weighted by atomic mass is 9.97. The third kappa shape index (κ3) is 5.18. The number of carbonyl (C=O) groups is 1.